The number of carbonyl (C=O) groups is 1. The summed E-state index contributed by atoms with van der Waals surface area (Å²) in [4.78, 5) is 17.1. The summed E-state index contributed by atoms with van der Waals surface area (Å²) >= 11 is 0. The lowest BCUT2D eigenvalue weighted by molar-refractivity contribution is -0.256. The van der Waals surface area contributed by atoms with Crippen molar-refractivity contribution in [3.63, 3.8) is 0 Å². The highest BCUT2D eigenvalue weighted by Gasteiger charge is 2.58. The molecule has 1 aromatic heterocycles. The molecule has 2 aromatic rings. The van der Waals surface area contributed by atoms with E-state index >= 15 is 0 Å². The number of likely N-dealkylation sites (tertiary alicyclic amines) is 1. The van der Waals surface area contributed by atoms with Gasteiger partial charge in [-0.25, -0.2) is 4.98 Å². The van der Waals surface area contributed by atoms with E-state index in [9.17, 15) is 18.0 Å². The number of aldehydes is 1. The molecule has 31 heavy (non-hydrogen) atoms. The first-order valence-electron chi connectivity index (χ1n) is 10.8. The van der Waals surface area contributed by atoms with E-state index in [1.807, 2.05) is 29.2 Å². The Kier molecular flexibility index (Phi) is 6.32. The maximum Gasteiger partial charge on any atom is 0.395 e. The van der Waals surface area contributed by atoms with Gasteiger partial charge in [0.2, 0.25) is 5.88 Å². The lowest BCUT2D eigenvalue weighted by atomic mass is 9.67. The van der Waals surface area contributed by atoms with Crippen molar-refractivity contribution in [3.8, 4) is 17.0 Å². The Morgan fingerprint density at radius 3 is 2.26 bits per heavy atom. The van der Waals surface area contributed by atoms with E-state index in [4.69, 9.17) is 4.74 Å². The molecule has 4 nitrogen and oxygen atoms in total. The summed E-state index contributed by atoms with van der Waals surface area (Å²) in [5.41, 5.74) is 1.06. The van der Waals surface area contributed by atoms with Crippen molar-refractivity contribution in [1.82, 2.24) is 9.88 Å². The van der Waals surface area contributed by atoms with Gasteiger partial charge in [0.15, 0.2) is 0 Å². The van der Waals surface area contributed by atoms with Crippen molar-refractivity contribution in [2.45, 2.75) is 38.3 Å². The van der Waals surface area contributed by atoms with Crippen LogP contribution in [0.25, 0.3) is 11.1 Å². The predicted octanol–water partition coefficient (Wildman–Crippen LogP) is 5.38. The molecular formula is C24H27F3N2O2. The Hall–Kier alpha value is -2.41. The molecule has 0 atom stereocenters. The number of rotatable bonds is 7. The minimum Gasteiger partial charge on any atom is -0.477 e. The summed E-state index contributed by atoms with van der Waals surface area (Å²) in [5, 5.41) is 0. The number of hydrogen-bond donors (Lipinski definition) is 0. The fourth-order valence-corrected chi connectivity index (χ4v) is 4.47. The SMILES string of the molecule is O=Cc1ccc(-c2ccc(OCC3CCN(CC4(C(F)(F)F)CCC4)CC3)nc2)cc1. The maximum absolute atomic E-state index is 13.4. The van der Waals surface area contributed by atoms with Crippen LogP contribution in [0, 0.1) is 11.3 Å². The molecular weight excluding hydrogens is 405 g/mol. The van der Waals surface area contributed by atoms with E-state index in [1.165, 1.54) is 0 Å². The molecule has 7 heteroatoms. The first kappa shape index (κ1) is 21.8. The number of pyridine rings is 1. The third-order valence-electron chi connectivity index (χ3n) is 6.73. The fraction of sp³-hybridized carbons (Fsp3) is 0.500. The van der Waals surface area contributed by atoms with E-state index in [0.717, 1.165) is 30.3 Å². The predicted molar refractivity (Wildman–Crippen MR) is 112 cm³/mol. The molecule has 1 aliphatic carbocycles. The lowest BCUT2D eigenvalue weighted by Crippen LogP contribution is -2.53. The number of alkyl halides is 3. The van der Waals surface area contributed by atoms with Gasteiger partial charge in [-0.1, -0.05) is 30.7 Å². The van der Waals surface area contributed by atoms with Crippen LogP contribution in [-0.2, 0) is 0 Å². The standard InChI is InChI=1S/C24H27F3N2O2/c25-24(26,27)23(10-1-11-23)17-29-12-8-19(9-13-29)16-31-22-7-6-21(14-28-22)20-4-2-18(15-30)3-5-20/h2-7,14-15,19H,1,8-13,16-17H2. The molecule has 0 radical (unpaired) electrons. The summed E-state index contributed by atoms with van der Waals surface area (Å²) in [6, 6.07) is 11.0. The van der Waals surface area contributed by atoms with Crippen molar-refractivity contribution >= 4 is 6.29 Å². The molecule has 1 aromatic carbocycles. The number of benzene rings is 1. The van der Waals surface area contributed by atoms with Crippen LogP contribution < -0.4 is 4.74 Å². The number of hydrogen-bond acceptors (Lipinski definition) is 4. The van der Waals surface area contributed by atoms with Gasteiger partial charge < -0.3 is 9.64 Å². The average Bonchev–Trinajstić information content (AvgIpc) is 2.75. The van der Waals surface area contributed by atoms with Crippen molar-refractivity contribution in [1.29, 1.82) is 0 Å². The second-order valence-corrected chi connectivity index (χ2v) is 8.79. The summed E-state index contributed by atoms with van der Waals surface area (Å²) in [6.45, 7) is 2.05. The third-order valence-corrected chi connectivity index (χ3v) is 6.73. The van der Waals surface area contributed by atoms with Crippen LogP contribution in [0.2, 0.25) is 0 Å². The zero-order valence-electron chi connectivity index (χ0n) is 17.4. The number of ether oxygens (including phenoxy) is 1. The Labute approximate surface area is 180 Å². The van der Waals surface area contributed by atoms with E-state index in [1.54, 1.807) is 18.3 Å². The van der Waals surface area contributed by atoms with Crippen LogP contribution in [0.3, 0.4) is 0 Å². The summed E-state index contributed by atoms with van der Waals surface area (Å²) in [6.07, 6.45) is 1.35. The van der Waals surface area contributed by atoms with Gasteiger partial charge in [-0.15, -0.1) is 0 Å². The Morgan fingerprint density at radius 1 is 1.06 bits per heavy atom. The second kappa shape index (κ2) is 8.99. The van der Waals surface area contributed by atoms with Crippen LogP contribution in [-0.4, -0.2) is 48.6 Å². The molecule has 1 saturated heterocycles. The largest absolute Gasteiger partial charge is 0.477 e. The van der Waals surface area contributed by atoms with Crippen molar-refractivity contribution in [3.05, 3.63) is 48.2 Å². The fourth-order valence-electron chi connectivity index (χ4n) is 4.47. The minimum absolute atomic E-state index is 0.140. The lowest BCUT2D eigenvalue weighted by Gasteiger charge is -2.47. The topological polar surface area (TPSA) is 42.4 Å². The zero-order chi connectivity index (χ0) is 21.9. The Balaban J connectivity index is 1.24. The molecule has 1 saturated carbocycles. The van der Waals surface area contributed by atoms with Crippen molar-refractivity contribution in [2.75, 3.05) is 26.2 Å². The van der Waals surface area contributed by atoms with Gasteiger partial charge in [-0.2, -0.15) is 13.2 Å². The highest BCUT2D eigenvalue weighted by Crippen LogP contribution is 2.53. The number of aromatic nitrogens is 1. The van der Waals surface area contributed by atoms with Gasteiger partial charge in [-0.05, 0) is 56.3 Å². The minimum atomic E-state index is -4.10. The van der Waals surface area contributed by atoms with Crippen LogP contribution in [0.4, 0.5) is 13.2 Å². The average molecular weight is 432 g/mol. The Bertz CT molecular complexity index is 869. The Morgan fingerprint density at radius 2 is 1.74 bits per heavy atom. The van der Waals surface area contributed by atoms with E-state index in [2.05, 4.69) is 4.98 Å². The van der Waals surface area contributed by atoms with Gasteiger partial charge in [0.05, 0.1) is 12.0 Å². The normalized spacial score (nSPS) is 19.6. The van der Waals surface area contributed by atoms with E-state index in [-0.39, 0.29) is 19.4 Å². The van der Waals surface area contributed by atoms with Gasteiger partial charge in [0.25, 0.3) is 0 Å². The first-order chi connectivity index (χ1) is 14.9. The van der Waals surface area contributed by atoms with E-state index in [0.29, 0.717) is 43.5 Å². The monoisotopic (exact) mass is 432 g/mol. The van der Waals surface area contributed by atoms with Gasteiger partial charge in [0.1, 0.15) is 6.29 Å². The molecule has 4 rings (SSSR count). The number of carbonyl (C=O) groups excluding carboxylic acids is 1. The van der Waals surface area contributed by atoms with Crippen LogP contribution in [0.1, 0.15) is 42.5 Å². The van der Waals surface area contributed by atoms with Crippen LogP contribution in [0.5, 0.6) is 5.88 Å². The molecule has 0 unspecified atom stereocenters. The summed E-state index contributed by atoms with van der Waals surface area (Å²) < 4.78 is 46.0. The molecule has 2 fully saturated rings. The molecule has 2 aliphatic rings. The molecule has 0 bridgehead atoms. The third kappa shape index (κ3) is 4.92. The second-order valence-electron chi connectivity index (χ2n) is 8.79. The molecule has 166 valence electrons. The van der Waals surface area contributed by atoms with Gasteiger partial charge in [-0.3, -0.25) is 4.79 Å². The van der Waals surface area contributed by atoms with Crippen LogP contribution >= 0.6 is 0 Å². The number of nitrogens with zero attached hydrogens (tertiary/aromatic N) is 2. The maximum atomic E-state index is 13.4. The summed E-state index contributed by atoms with van der Waals surface area (Å²) in [5.74, 6) is 0.873. The van der Waals surface area contributed by atoms with Crippen molar-refractivity contribution in [2.24, 2.45) is 11.3 Å². The quantitative estimate of drug-likeness (QED) is 0.551. The van der Waals surface area contributed by atoms with Crippen LogP contribution in [0.15, 0.2) is 42.6 Å². The molecule has 0 N–H and O–H groups in total. The van der Waals surface area contributed by atoms with Crippen molar-refractivity contribution < 1.29 is 22.7 Å². The molecule has 0 amide bonds. The van der Waals surface area contributed by atoms with E-state index < -0.39 is 11.6 Å². The smallest absolute Gasteiger partial charge is 0.395 e. The highest BCUT2D eigenvalue weighted by molar-refractivity contribution is 5.76. The highest BCUT2D eigenvalue weighted by atomic mass is 19.4. The van der Waals surface area contributed by atoms with Gasteiger partial charge in [0, 0.05) is 29.9 Å². The first-order valence-corrected chi connectivity index (χ1v) is 10.8. The summed E-state index contributed by atoms with van der Waals surface area (Å²) in [7, 11) is 0. The van der Waals surface area contributed by atoms with Gasteiger partial charge >= 0.3 is 6.18 Å². The molecule has 1 aliphatic heterocycles. The molecule has 0 spiro atoms. The number of halogens is 3. The molecule has 2 heterocycles. The zero-order valence-corrected chi connectivity index (χ0v) is 17.4. The number of piperidine rings is 1.